The second-order valence-electron chi connectivity index (χ2n) is 3.93. The highest BCUT2D eigenvalue weighted by Gasteiger charge is 2.14. The van der Waals surface area contributed by atoms with Crippen LogP contribution in [0.5, 0.6) is 0 Å². The van der Waals surface area contributed by atoms with Gasteiger partial charge >= 0.3 is 0 Å². The van der Waals surface area contributed by atoms with Gasteiger partial charge in [-0.2, -0.15) is 0 Å². The van der Waals surface area contributed by atoms with Crippen LogP contribution in [0.15, 0.2) is 18.2 Å². The molecule has 0 bridgehead atoms. The lowest BCUT2D eigenvalue weighted by atomic mass is 9.86. The van der Waals surface area contributed by atoms with Crippen LogP contribution in [-0.2, 0) is 0 Å². The average molecular weight is 231 g/mol. The number of hydrogen-bond donors (Lipinski definition) is 0. The summed E-state index contributed by atoms with van der Waals surface area (Å²) < 4.78 is 0. The first-order valence-electron chi connectivity index (χ1n) is 5.01. The highest BCUT2D eigenvalue weighted by molar-refractivity contribution is 6.42. The summed E-state index contributed by atoms with van der Waals surface area (Å²) >= 11 is 11.9. The topological polar surface area (TPSA) is 0 Å². The van der Waals surface area contributed by atoms with E-state index in [1.807, 2.05) is 12.1 Å². The lowest BCUT2D eigenvalue weighted by Crippen LogP contribution is -2.05. The minimum atomic E-state index is 0.574. The second kappa shape index (κ2) is 5.04. The van der Waals surface area contributed by atoms with Crippen molar-refractivity contribution in [2.45, 2.75) is 33.1 Å². The highest BCUT2D eigenvalue weighted by Crippen LogP contribution is 2.31. The number of rotatable bonds is 3. The summed E-state index contributed by atoms with van der Waals surface area (Å²) in [6.45, 7) is 6.67. The van der Waals surface area contributed by atoms with E-state index < -0.39 is 0 Å². The summed E-state index contributed by atoms with van der Waals surface area (Å²) in [6.07, 6.45) is 1.13. The second-order valence-corrected chi connectivity index (χ2v) is 4.75. The third kappa shape index (κ3) is 2.65. The SMILES string of the molecule is CC[C@H](c1ccc(Cl)c(Cl)c1)C(C)C. The van der Waals surface area contributed by atoms with Crippen molar-refractivity contribution >= 4 is 23.2 Å². The molecule has 0 aliphatic carbocycles. The normalized spacial score (nSPS) is 13.3. The zero-order valence-electron chi connectivity index (χ0n) is 8.85. The molecule has 0 saturated carbocycles. The summed E-state index contributed by atoms with van der Waals surface area (Å²) in [4.78, 5) is 0. The Labute approximate surface area is 96.2 Å². The molecule has 0 fully saturated rings. The van der Waals surface area contributed by atoms with Crippen molar-refractivity contribution in [2.24, 2.45) is 5.92 Å². The summed E-state index contributed by atoms with van der Waals surface area (Å²) in [5.74, 6) is 1.21. The van der Waals surface area contributed by atoms with E-state index in [-0.39, 0.29) is 0 Å². The Balaban J connectivity index is 3.00. The van der Waals surface area contributed by atoms with Crippen molar-refractivity contribution in [2.75, 3.05) is 0 Å². The maximum Gasteiger partial charge on any atom is 0.0595 e. The summed E-state index contributed by atoms with van der Waals surface area (Å²) in [6, 6.07) is 5.94. The van der Waals surface area contributed by atoms with Crippen molar-refractivity contribution < 1.29 is 0 Å². The van der Waals surface area contributed by atoms with Gasteiger partial charge < -0.3 is 0 Å². The molecule has 0 saturated heterocycles. The molecule has 0 aromatic heterocycles. The smallest absolute Gasteiger partial charge is 0.0595 e. The molecule has 1 atom stereocenters. The molecule has 0 heterocycles. The molecule has 0 spiro atoms. The van der Waals surface area contributed by atoms with Crippen LogP contribution in [0.3, 0.4) is 0 Å². The first kappa shape index (κ1) is 11.9. The molecule has 2 heteroatoms. The van der Waals surface area contributed by atoms with Crippen molar-refractivity contribution in [3.63, 3.8) is 0 Å². The van der Waals surface area contributed by atoms with E-state index in [1.54, 1.807) is 0 Å². The quantitative estimate of drug-likeness (QED) is 0.675. The average Bonchev–Trinajstić information content (AvgIpc) is 2.11. The molecule has 1 aromatic carbocycles. The van der Waals surface area contributed by atoms with Crippen LogP contribution in [0.25, 0.3) is 0 Å². The molecular formula is C12H16Cl2. The molecule has 14 heavy (non-hydrogen) atoms. The summed E-state index contributed by atoms with van der Waals surface area (Å²) in [5, 5.41) is 1.29. The number of benzene rings is 1. The summed E-state index contributed by atoms with van der Waals surface area (Å²) in [5.41, 5.74) is 1.29. The van der Waals surface area contributed by atoms with E-state index in [0.29, 0.717) is 21.9 Å². The first-order chi connectivity index (χ1) is 6.56. The first-order valence-corrected chi connectivity index (χ1v) is 5.76. The number of hydrogen-bond acceptors (Lipinski definition) is 0. The molecule has 0 amide bonds. The lowest BCUT2D eigenvalue weighted by molar-refractivity contribution is 0.485. The zero-order valence-corrected chi connectivity index (χ0v) is 10.4. The monoisotopic (exact) mass is 230 g/mol. The molecule has 0 radical (unpaired) electrons. The molecule has 0 unspecified atom stereocenters. The predicted molar refractivity (Wildman–Crippen MR) is 64.3 cm³/mol. The Morgan fingerprint density at radius 1 is 1.14 bits per heavy atom. The van der Waals surface area contributed by atoms with Gasteiger partial charge in [0.25, 0.3) is 0 Å². The fraction of sp³-hybridized carbons (Fsp3) is 0.500. The van der Waals surface area contributed by atoms with Crippen molar-refractivity contribution in [3.05, 3.63) is 33.8 Å². The van der Waals surface area contributed by atoms with Gasteiger partial charge in [0.15, 0.2) is 0 Å². The molecule has 78 valence electrons. The van der Waals surface area contributed by atoms with Crippen LogP contribution in [0.2, 0.25) is 10.0 Å². The summed E-state index contributed by atoms with van der Waals surface area (Å²) in [7, 11) is 0. The third-order valence-electron chi connectivity index (χ3n) is 2.62. The molecular weight excluding hydrogens is 215 g/mol. The van der Waals surface area contributed by atoms with Gasteiger partial charge in [-0.3, -0.25) is 0 Å². The van der Waals surface area contributed by atoms with E-state index in [0.717, 1.165) is 6.42 Å². The van der Waals surface area contributed by atoms with Gasteiger partial charge in [0.2, 0.25) is 0 Å². The number of halogens is 2. The van der Waals surface area contributed by atoms with Crippen molar-refractivity contribution in [1.82, 2.24) is 0 Å². The van der Waals surface area contributed by atoms with E-state index >= 15 is 0 Å². The van der Waals surface area contributed by atoms with Crippen molar-refractivity contribution in [3.8, 4) is 0 Å². The molecule has 0 aliphatic heterocycles. The lowest BCUT2D eigenvalue weighted by Gasteiger charge is -2.19. The maximum absolute atomic E-state index is 5.99. The van der Waals surface area contributed by atoms with E-state index in [9.17, 15) is 0 Å². The highest BCUT2D eigenvalue weighted by atomic mass is 35.5. The van der Waals surface area contributed by atoms with Crippen LogP contribution in [0.4, 0.5) is 0 Å². The van der Waals surface area contributed by atoms with Crippen LogP contribution < -0.4 is 0 Å². The van der Waals surface area contributed by atoms with E-state index in [1.165, 1.54) is 5.56 Å². The van der Waals surface area contributed by atoms with Crippen LogP contribution in [-0.4, -0.2) is 0 Å². The fourth-order valence-corrected chi connectivity index (χ4v) is 2.14. The van der Waals surface area contributed by atoms with Crippen LogP contribution >= 0.6 is 23.2 Å². The molecule has 0 nitrogen and oxygen atoms in total. The van der Waals surface area contributed by atoms with Gasteiger partial charge in [0, 0.05) is 0 Å². The maximum atomic E-state index is 5.99. The molecule has 0 N–H and O–H groups in total. The zero-order chi connectivity index (χ0) is 10.7. The Kier molecular flexibility index (Phi) is 4.28. The Morgan fingerprint density at radius 3 is 2.21 bits per heavy atom. The van der Waals surface area contributed by atoms with Gasteiger partial charge in [-0.15, -0.1) is 0 Å². The van der Waals surface area contributed by atoms with Gasteiger partial charge in [-0.1, -0.05) is 50.0 Å². The Morgan fingerprint density at radius 2 is 1.79 bits per heavy atom. The minimum Gasteiger partial charge on any atom is -0.0827 e. The predicted octanol–water partition coefficient (Wildman–Crippen LogP) is 5.14. The van der Waals surface area contributed by atoms with Gasteiger partial charge in [0.05, 0.1) is 10.0 Å². The van der Waals surface area contributed by atoms with Crippen molar-refractivity contribution in [1.29, 1.82) is 0 Å². The van der Waals surface area contributed by atoms with Gasteiger partial charge in [-0.25, -0.2) is 0 Å². The molecule has 0 aliphatic rings. The Hall–Kier alpha value is -0.200. The van der Waals surface area contributed by atoms with E-state index in [4.69, 9.17) is 23.2 Å². The molecule has 1 rings (SSSR count). The van der Waals surface area contributed by atoms with Crippen LogP contribution in [0, 0.1) is 5.92 Å². The third-order valence-corrected chi connectivity index (χ3v) is 3.36. The standard InChI is InChI=1S/C12H16Cl2/c1-4-10(8(2)3)9-5-6-11(13)12(14)7-9/h5-8,10H,4H2,1-3H3/t10-/m0/s1. The van der Waals surface area contributed by atoms with Gasteiger partial charge in [0.1, 0.15) is 0 Å². The minimum absolute atomic E-state index is 0.574. The van der Waals surface area contributed by atoms with Gasteiger partial charge in [-0.05, 0) is 36.0 Å². The molecule has 1 aromatic rings. The van der Waals surface area contributed by atoms with E-state index in [2.05, 4.69) is 26.8 Å². The fourth-order valence-electron chi connectivity index (χ4n) is 1.84. The largest absolute Gasteiger partial charge is 0.0827 e. The Bertz CT molecular complexity index is 305. The van der Waals surface area contributed by atoms with Crippen LogP contribution in [0.1, 0.15) is 38.7 Å².